The van der Waals surface area contributed by atoms with Gasteiger partial charge >= 0.3 is 596 Å². The molecule has 30 heteroatoms. The SMILES string of the molecule is Cc1ccc(S(=O)(=O)N(I(c2ccccc2-c2ccccc2I(N(S(=O)(=O)c2ccc(C)cc2)S(=O)(=O)c2ccc(C)cc2)N(S(=O)(=O)c2ccc(C)cc2)S(=O)(=O)c2ccc(C)cc2)N(S(=O)(=O)c2ccc(C)cc2)S(=O)(=O)c2ccc(C)cc2)S(=O)(=O)c2ccc(C)cc2)cc1. The summed E-state index contributed by atoms with van der Waals surface area (Å²) in [5.41, 5.74) is 2.71. The van der Waals surface area contributed by atoms with E-state index in [0.29, 0.717) is 44.5 Å². The van der Waals surface area contributed by atoms with Crippen LogP contribution in [0.5, 0.6) is 0 Å². The van der Waals surface area contributed by atoms with Crippen LogP contribution >= 0.6 is 40.7 Å². The number of benzene rings is 10. The number of hydrogen-bond donors (Lipinski definition) is 0. The van der Waals surface area contributed by atoms with Crippen molar-refractivity contribution >= 4 is 121 Å². The molecule has 20 nitrogen and oxygen atoms in total. The van der Waals surface area contributed by atoms with E-state index in [1.807, 2.05) is 0 Å². The van der Waals surface area contributed by atoms with E-state index in [2.05, 4.69) is 0 Å². The van der Waals surface area contributed by atoms with Gasteiger partial charge in [-0.15, -0.1) is 0 Å². The summed E-state index contributed by atoms with van der Waals surface area (Å²) >= 11 is -12.4. The van der Waals surface area contributed by atoms with Crippen molar-refractivity contribution < 1.29 is 67.3 Å². The molecule has 0 spiro atoms. The predicted octanol–water partition coefficient (Wildman–Crippen LogP) is 13.2. The molecular weight excluding hydrogens is 1640 g/mol. The molecule has 0 heterocycles. The standard InChI is InChI=1S/C68H64I2N4O16S8/c1-49-17-33-57(34-18-49)91(75,76)71(92(77,78)58-35-19-50(2)20-36-58)69(72(93(79,80)59-37-21-51(3)22-38-59)94(81,82)60-39-23-52(4)24-40-60)67-15-11-9-13-65(67)66-14-10-12-16-68(66)70(73(95(83,84)61-41-25-53(5)26-42-61)96(85,86)62-43-27-54(6)28-44-62)74(97(87,88)63-45-29-55(7)30-46-63)98(89,90)64-47-31-56(8)32-48-64/h9-48H,1-8H3. The zero-order valence-electron chi connectivity index (χ0n) is 53.4. The molecular formula is C68H64I2N4O16S8. The zero-order valence-corrected chi connectivity index (χ0v) is 64.3. The van der Waals surface area contributed by atoms with Crippen molar-refractivity contribution in [3.05, 3.63) is 294 Å². The van der Waals surface area contributed by atoms with Crippen LogP contribution in [0.1, 0.15) is 44.5 Å². The van der Waals surface area contributed by atoms with Crippen LogP contribution in [0.3, 0.4) is 0 Å². The Hall–Kier alpha value is -6.90. The van der Waals surface area contributed by atoms with Crippen molar-refractivity contribution in [2.45, 2.75) is 94.6 Å². The number of halogens is 2. The molecule has 10 aromatic rings. The fourth-order valence-electron chi connectivity index (χ4n) is 9.60. The van der Waals surface area contributed by atoms with Crippen molar-refractivity contribution in [1.82, 2.24) is 7.70 Å². The van der Waals surface area contributed by atoms with Gasteiger partial charge in [0.15, 0.2) is 0 Å². The molecule has 98 heavy (non-hydrogen) atoms. The molecule has 0 saturated carbocycles. The zero-order chi connectivity index (χ0) is 71.3. The van der Waals surface area contributed by atoms with Crippen molar-refractivity contribution in [2.75, 3.05) is 0 Å². The molecule has 10 rings (SSSR count). The first-order valence-electron chi connectivity index (χ1n) is 29.3. The van der Waals surface area contributed by atoms with E-state index in [1.165, 1.54) is 121 Å². The van der Waals surface area contributed by atoms with Crippen molar-refractivity contribution in [2.24, 2.45) is 0 Å². The molecule has 0 radical (unpaired) electrons. The second kappa shape index (κ2) is 28.3. The quantitative estimate of drug-likeness (QED) is 0.0425. The molecule has 0 saturated heterocycles. The van der Waals surface area contributed by atoms with Crippen molar-refractivity contribution in [1.29, 1.82) is 0 Å². The number of hydrogen-bond acceptors (Lipinski definition) is 16. The molecule has 10 aromatic carbocycles. The Labute approximate surface area is 589 Å². The van der Waals surface area contributed by atoms with Gasteiger partial charge < -0.3 is 0 Å². The predicted molar refractivity (Wildman–Crippen MR) is 392 cm³/mol. The molecule has 0 aromatic heterocycles. The van der Waals surface area contributed by atoms with Gasteiger partial charge in [0.1, 0.15) is 0 Å². The third-order valence-electron chi connectivity index (χ3n) is 15.0. The Morgan fingerprint density at radius 2 is 0.306 bits per heavy atom. The summed E-state index contributed by atoms with van der Waals surface area (Å²) in [5, 5.41) is 0. The van der Waals surface area contributed by atoms with Gasteiger partial charge in [-0.3, -0.25) is 0 Å². The topological polar surface area (TPSA) is 286 Å². The van der Waals surface area contributed by atoms with E-state index in [0.717, 1.165) is 121 Å². The summed E-state index contributed by atoms with van der Waals surface area (Å²) in [6.07, 6.45) is 0. The van der Waals surface area contributed by atoms with E-state index in [9.17, 15) is 0 Å². The van der Waals surface area contributed by atoms with Crippen molar-refractivity contribution in [3.63, 3.8) is 0 Å². The summed E-state index contributed by atoms with van der Waals surface area (Å²) < 4.78 is 261. The second-order valence-electron chi connectivity index (χ2n) is 22.6. The van der Waals surface area contributed by atoms with Gasteiger partial charge in [-0.05, 0) is 0 Å². The number of sulfonamides is 8. The fraction of sp³-hybridized carbons (Fsp3) is 0.118. The Morgan fingerprint density at radius 1 is 0.184 bits per heavy atom. The van der Waals surface area contributed by atoms with Crippen LogP contribution in [0, 0.1) is 62.5 Å². The molecule has 0 unspecified atom stereocenters. The molecule has 0 atom stereocenters. The normalized spacial score (nSPS) is 13.3. The molecule has 514 valence electrons. The molecule has 0 bridgehead atoms. The summed E-state index contributed by atoms with van der Waals surface area (Å²) in [5.74, 6) is 0. The van der Waals surface area contributed by atoms with Gasteiger partial charge in [-0.2, -0.15) is 0 Å². The first-order chi connectivity index (χ1) is 45.9. The van der Waals surface area contributed by atoms with Crippen LogP contribution in [-0.4, -0.2) is 75.0 Å². The van der Waals surface area contributed by atoms with Crippen LogP contribution < -0.4 is 0 Å². The van der Waals surface area contributed by atoms with Crippen molar-refractivity contribution in [3.8, 4) is 11.1 Å². The number of rotatable bonds is 23. The van der Waals surface area contributed by atoms with Crippen LogP contribution in [0.2, 0.25) is 0 Å². The third kappa shape index (κ3) is 14.4. The average Bonchev–Trinajstić information content (AvgIpc) is 0.712. The molecule has 0 fully saturated rings. The third-order valence-corrected chi connectivity index (χ3v) is 56.1. The Kier molecular flexibility index (Phi) is 21.3. The minimum atomic E-state index is -6.21. The van der Waals surface area contributed by atoms with Gasteiger partial charge in [0.05, 0.1) is 0 Å². The number of aryl methyl sites for hydroxylation is 8. The maximum absolute atomic E-state index is 16.4. The fourth-order valence-corrected chi connectivity index (χ4v) is 54.3. The van der Waals surface area contributed by atoms with E-state index in [4.69, 9.17) is 0 Å². The van der Waals surface area contributed by atoms with Gasteiger partial charge in [-0.1, -0.05) is 0 Å². The van der Waals surface area contributed by atoms with E-state index < -0.39 is 178 Å². The van der Waals surface area contributed by atoms with Gasteiger partial charge in [-0.25, -0.2) is 0 Å². The number of nitrogens with zero attached hydrogens (tertiary/aromatic N) is 4. The Bertz CT molecular complexity index is 4690. The molecule has 0 aliphatic heterocycles. The first kappa shape index (κ1) is 73.8. The summed E-state index contributed by atoms with van der Waals surface area (Å²) in [6.45, 7) is 12.8. The van der Waals surface area contributed by atoms with Crippen LogP contribution in [0.25, 0.3) is 11.1 Å². The summed E-state index contributed by atoms with van der Waals surface area (Å²) in [7, 11) is -46.9. The van der Waals surface area contributed by atoms with E-state index in [1.54, 1.807) is 55.4 Å². The van der Waals surface area contributed by atoms with Gasteiger partial charge in [0.2, 0.25) is 0 Å². The van der Waals surface area contributed by atoms with Crippen LogP contribution in [0.4, 0.5) is 0 Å². The second-order valence-corrected chi connectivity index (χ2v) is 52.0. The van der Waals surface area contributed by atoms with Crippen LogP contribution in [0.15, 0.2) is 282 Å². The summed E-state index contributed by atoms with van der Waals surface area (Å²) in [6, 6.07) is 47.2. The monoisotopic (exact) mass is 1700 g/mol. The van der Waals surface area contributed by atoms with Gasteiger partial charge in [0, 0.05) is 0 Å². The van der Waals surface area contributed by atoms with Gasteiger partial charge in [0.25, 0.3) is 0 Å². The summed E-state index contributed by atoms with van der Waals surface area (Å²) in [4.78, 5) is -6.19. The Morgan fingerprint density at radius 3 is 0.439 bits per heavy atom. The minimum absolute atomic E-state index is 0.111. The Balaban J connectivity index is 1.45. The molecule has 0 amide bonds. The maximum atomic E-state index is 16.4. The van der Waals surface area contributed by atoms with Crippen LogP contribution in [-0.2, 0) is 80.2 Å². The van der Waals surface area contributed by atoms with E-state index >= 15 is 67.3 Å². The molecule has 0 N–H and O–H groups in total. The molecule has 0 aliphatic rings. The first-order valence-corrected chi connectivity index (χ1v) is 46.8. The average molecular weight is 1700 g/mol. The molecule has 0 aliphatic carbocycles. The van der Waals surface area contributed by atoms with E-state index in [-0.39, 0.29) is 7.70 Å².